The Morgan fingerprint density at radius 2 is 1.70 bits per heavy atom. The highest BCUT2D eigenvalue weighted by Gasteiger charge is 2.24. The van der Waals surface area contributed by atoms with Crippen LogP contribution in [0.3, 0.4) is 0 Å². The Bertz CT molecular complexity index is 550. The standard InChI is InChI=1S/C17H21N3/c1-12(2)18-9-13-10-19-17(20-11-13)16-7-14-5-3-4-6-15(14)8-16/h3-6,10-12,16,18H,7-9H2,1-2H3. The lowest BCUT2D eigenvalue weighted by molar-refractivity contribution is 0.584. The van der Waals surface area contributed by atoms with Crippen molar-refractivity contribution in [1.29, 1.82) is 0 Å². The van der Waals surface area contributed by atoms with E-state index in [2.05, 4.69) is 53.4 Å². The van der Waals surface area contributed by atoms with E-state index in [-0.39, 0.29) is 0 Å². The fourth-order valence-corrected chi connectivity index (χ4v) is 2.73. The Morgan fingerprint density at radius 3 is 2.25 bits per heavy atom. The fourth-order valence-electron chi connectivity index (χ4n) is 2.73. The molecule has 0 fully saturated rings. The van der Waals surface area contributed by atoms with Crippen molar-refractivity contribution in [2.45, 2.75) is 45.2 Å². The van der Waals surface area contributed by atoms with E-state index in [1.807, 2.05) is 12.4 Å². The van der Waals surface area contributed by atoms with E-state index in [9.17, 15) is 0 Å². The first-order chi connectivity index (χ1) is 9.72. The zero-order valence-corrected chi connectivity index (χ0v) is 12.1. The second-order valence-corrected chi connectivity index (χ2v) is 5.86. The van der Waals surface area contributed by atoms with Crippen LogP contribution in [-0.4, -0.2) is 16.0 Å². The Balaban J connectivity index is 1.67. The maximum absolute atomic E-state index is 4.57. The van der Waals surface area contributed by atoms with Crippen LogP contribution in [0.5, 0.6) is 0 Å². The first kappa shape index (κ1) is 13.3. The van der Waals surface area contributed by atoms with Crippen LogP contribution in [0.4, 0.5) is 0 Å². The summed E-state index contributed by atoms with van der Waals surface area (Å²) in [5.41, 5.74) is 4.05. The molecule has 0 aliphatic heterocycles. The molecule has 3 heteroatoms. The number of hydrogen-bond acceptors (Lipinski definition) is 3. The van der Waals surface area contributed by atoms with Gasteiger partial charge in [0.15, 0.2) is 0 Å². The molecule has 0 bridgehead atoms. The fraction of sp³-hybridized carbons (Fsp3) is 0.412. The third kappa shape index (κ3) is 2.88. The Kier molecular flexibility index (Phi) is 3.79. The molecule has 2 aromatic rings. The van der Waals surface area contributed by atoms with Crippen molar-refractivity contribution in [3.05, 3.63) is 59.2 Å². The minimum Gasteiger partial charge on any atom is -0.310 e. The van der Waals surface area contributed by atoms with E-state index in [0.717, 1.165) is 30.8 Å². The van der Waals surface area contributed by atoms with Crippen LogP contribution in [0, 0.1) is 0 Å². The number of nitrogens with zero attached hydrogens (tertiary/aromatic N) is 2. The van der Waals surface area contributed by atoms with Crippen molar-refractivity contribution in [2.75, 3.05) is 0 Å². The molecule has 1 N–H and O–H groups in total. The molecule has 0 amide bonds. The number of benzene rings is 1. The maximum Gasteiger partial charge on any atom is 0.131 e. The number of hydrogen-bond donors (Lipinski definition) is 1. The molecule has 0 atom stereocenters. The monoisotopic (exact) mass is 267 g/mol. The van der Waals surface area contributed by atoms with Crippen molar-refractivity contribution >= 4 is 0 Å². The van der Waals surface area contributed by atoms with Gasteiger partial charge in [0, 0.05) is 36.5 Å². The summed E-state index contributed by atoms with van der Waals surface area (Å²) in [6, 6.07) is 9.15. The number of rotatable bonds is 4. The smallest absolute Gasteiger partial charge is 0.131 e. The molecule has 3 rings (SSSR count). The van der Waals surface area contributed by atoms with Crippen LogP contribution < -0.4 is 5.32 Å². The zero-order chi connectivity index (χ0) is 13.9. The molecule has 1 aromatic heterocycles. The SMILES string of the molecule is CC(C)NCc1cnc(C2Cc3ccccc3C2)nc1. The van der Waals surface area contributed by atoms with Crippen molar-refractivity contribution in [2.24, 2.45) is 0 Å². The van der Waals surface area contributed by atoms with E-state index in [4.69, 9.17) is 0 Å². The number of aromatic nitrogens is 2. The van der Waals surface area contributed by atoms with E-state index < -0.39 is 0 Å². The molecule has 0 saturated heterocycles. The second kappa shape index (κ2) is 5.71. The van der Waals surface area contributed by atoms with Crippen LogP contribution >= 0.6 is 0 Å². The quantitative estimate of drug-likeness (QED) is 0.925. The summed E-state index contributed by atoms with van der Waals surface area (Å²) in [6.07, 6.45) is 6.06. The van der Waals surface area contributed by atoms with Gasteiger partial charge < -0.3 is 5.32 Å². The molecular formula is C17H21N3. The van der Waals surface area contributed by atoms with E-state index in [1.54, 1.807) is 0 Å². The van der Waals surface area contributed by atoms with Gasteiger partial charge in [0.05, 0.1) is 0 Å². The van der Waals surface area contributed by atoms with Gasteiger partial charge in [-0.1, -0.05) is 38.1 Å². The van der Waals surface area contributed by atoms with Crippen molar-refractivity contribution < 1.29 is 0 Å². The van der Waals surface area contributed by atoms with Crippen LogP contribution in [0.2, 0.25) is 0 Å². The maximum atomic E-state index is 4.57. The van der Waals surface area contributed by atoms with Gasteiger partial charge in [-0.3, -0.25) is 0 Å². The summed E-state index contributed by atoms with van der Waals surface area (Å²) in [7, 11) is 0. The first-order valence-electron chi connectivity index (χ1n) is 7.33. The van der Waals surface area contributed by atoms with Gasteiger partial charge in [0.1, 0.15) is 5.82 Å². The second-order valence-electron chi connectivity index (χ2n) is 5.86. The molecule has 1 aliphatic rings. The third-order valence-electron chi connectivity index (χ3n) is 3.86. The van der Waals surface area contributed by atoms with Crippen LogP contribution in [0.1, 0.15) is 42.3 Å². The highest BCUT2D eigenvalue weighted by molar-refractivity contribution is 5.35. The minimum absolute atomic E-state index is 0.444. The van der Waals surface area contributed by atoms with Gasteiger partial charge in [0.2, 0.25) is 0 Å². The molecule has 0 unspecified atom stereocenters. The number of nitrogens with one attached hydrogen (secondary N) is 1. The molecule has 1 aliphatic carbocycles. The van der Waals surface area contributed by atoms with Gasteiger partial charge >= 0.3 is 0 Å². The predicted molar refractivity (Wildman–Crippen MR) is 80.6 cm³/mol. The molecule has 1 heterocycles. The molecule has 104 valence electrons. The molecule has 20 heavy (non-hydrogen) atoms. The lowest BCUT2D eigenvalue weighted by Gasteiger charge is -2.10. The molecule has 0 radical (unpaired) electrons. The van der Waals surface area contributed by atoms with Crippen molar-refractivity contribution in [1.82, 2.24) is 15.3 Å². The molecule has 0 spiro atoms. The molecule has 0 saturated carbocycles. The summed E-state index contributed by atoms with van der Waals surface area (Å²) >= 11 is 0. The topological polar surface area (TPSA) is 37.8 Å². The van der Waals surface area contributed by atoms with Crippen LogP contribution in [0.25, 0.3) is 0 Å². The summed E-state index contributed by atoms with van der Waals surface area (Å²) < 4.78 is 0. The Hall–Kier alpha value is -1.74. The largest absolute Gasteiger partial charge is 0.310 e. The van der Waals surface area contributed by atoms with Gasteiger partial charge in [0.25, 0.3) is 0 Å². The summed E-state index contributed by atoms with van der Waals surface area (Å²) in [5, 5.41) is 3.38. The lowest BCUT2D eigenvalue weighted by Crippen LogP contribution is -2.22. The van der Waals surface area contributed by atoms with E-state index >= 15 is 0 Å². The van der Waals surface area contributed by atoms with Gasteiger partial charge in [-0.05, 0) is 24.0 Å². The Labute approximate surface area is 120 Å². The third-order valence-corrected chi connectivity index (χ3v) is 3.86. The zero-order valence-electron chi connectivity index (χ0n) is 12.1. The molecule has 1 aromatic carbocycles. The van der Waals surface area contributed by atoms with Crippen molar-refractivity contribution in [3.8, 4) is 0 Å². The average Bonchev–Trinajstić information content (AvgIpc) is 2.89. The van der Waals surface area contributed by atoms with Gasteiger partial charge in [-0.2, -0.15) is 0 Å². The summed E-state index contributed by atoms with van der Waals surface area (Å²) in [6.45, 7) is 5.12. The lowest BCUT2D eigenvalue weighted by atomic mass is 10.1. The predicted octanol–water partition coefficient (Wildman–Crippen LogP) is 2.86. The van der Waals surface area contributed by atoms with E-state index in [1.165, 1.54) is 11.1 Å². The summed E-state index contributed by atoms with van der Waals surface area (Å²) in [5.74, 6) is 1.43. The highest BCUT2D eigenvalue weighted by atomic mass is 14.9. The first-order valence-corrected chi connectivity index (χ1v) is 7.33. The normalized spacial score (nSPS) is 14.8. The van der Waals surface area contributed by atoms with E-state index in [0.29, 0.717) is 12.0 Å². The highest BCUT2D eigenvalue weighted by Crippen LogP contribution is 2.31. The van der Waals surface area contributed by atoms with Gasteiger partial charge in [-0.15, -0.1) is 0 Å². The molecule has 3 nitrogen and oxygen atoms in total. The molecular weight excluding hydrogens is 246 g/mol. The van der Waals surface area contributed by atoms with Gasteiger partial charge in [-0.25, -0.2) is 9.97 Å². The number of fused-ring (bicyclic) bond motifs is 1. The minimum atomic E-state index is 0.444. The average molecular weight is 267 g/mol. The summed E-state index contributed by atoms with van der Waals surface area (Å²) in [4.78, 5) is 9.14. The van der Waals surface area contributed by atoms with Crippen LogP contribution in [0.15, 0.2) is 36.7 Å². The Morgan fingerprint density at radius 1 is 1.10 bits per heavy atom. The van der Waals surface area contributed by atoms with Crippen molar-refractivity contribution in [3.63, 3.8) is 0 Å². The van der Waals surface area contributed by atoms with Crippen LogP contribution in [-0.2, 0) is 19.4 Å².